The van der Waals surface area contributed by atoms with Crippen LogP contribution in [-0.4, -0.2) is 21.5 Å². The minimum absolute atomic E-state index is 0. The maximum absolute atomic E-state index is 13.2. The minimum atomic E-state index is -3.93. The first-order valence-corrected chi connectivity index (χ1v) is 6.10. The molecular formula is C9H13ClF2N2O2S. The molecule has 0 aromatic heterocycles. The number of benzene rings is 1. The number of nitrogens with two attached hydrogens (primary N) is 1. The molecule has 0 radical (unpaired) electrons. The standard InChI is InChI=1S/C9H12F2N2O2S.ClH/c10-7-2-3-9(8(11)6-7)16(14,15)13-5-1-4-12;/h2-3,6,13H,1,4-5,12H2;1H. The highest BCUT2D eigenvalue weighted by atomic mass is 35.5. The van der Waals surface area contributed by atoms with Gasteiger partial charge in [-0.05, 0) is 25.1 Å². The molecule has 0 amide bonds. The van der Waals surface area contributed by atoms with E-state index in [4.69, 9.17) is 5.73 Å². The Balaban J connectivity index is 0.00000256. The highest BCUT2D eigenvalue weighted by molar-refractivity contribution is 7.89. The van der Waals surface area contributed by atoms with Crippen LogP contribution in [0.2, 0.25) is 0 Å². The first-order valence-electron chi connectivity index (χ1n) is 4.62. The topological polar surface area (TPSA) is 72.2 Å². The Bertz CT molecular complexity index is 468. The molecule has 4 nitrogen and oxygen atoms in total. The van der Waals surface area contributed by atoms with Gasteiger partial charge in [0, 0.05) is 12.6 Å². The number of hydrogen-bond acceptors (Lipinski definition) is 3. The third kappa shape index (κ3) is 4.55. The monoisotopic (exact) mass is 286 g/mol. The fourth-order valence-electron chi connectivity index (χ4n) is 1.08. The second-order valence-electron chi connectivity index (χ2n) is 3.11. The first-order chi connectivity index (χ1) is 7.47. The predicted molar refractivity (Wildman–Crippen MR) is 62.5 cm³/mol. The second-order valence-corrected chi connectivity index (χ2v) is 4.85. The highest BCUT2D eigenvalue weighted by Gasteiger charge is 2.18. The van der Waals surface area contributed by atoms with Crippen LogP contribution in [-0.2, 0) is 10.0 Å². The lowest BCUT2D eigenvalue weighted by Crippen LogP contribution is -2.27. The predicted octanol–water partition coefficient (Wildman–Crippen LogP) is 1.01. The Morgan fingerprint density at radius 3 is 2.47 bits per heavy atom. The lowest BCUT2D eigenvalue weighted by atomic mass is 10.3. The normalized spacial score (nSPS) is 11.0. The van der Waals surface area contributed by atoms with Crippen LogP contribution in [0.1, 0.15) is 6.42 Å². The van der Waals surface area contributed by atoms with Gasteiger partial charge in [-0.1, -0.05) is 0 Å². The summed E-state index contributed by atoms with van der Waals surface area (Å²) in [7, 11) is -3.93. The van der Waals surface area contributed by atoms with Gasteiger partial charge in [0.2, 0.25) is 10.0 Å². The Morgan fingerprint density at radius 2 is 1.94 bits per heavy atom. The van der Waals surface area contributed by atoms with Crippen LogP contribution in [0.3, 0.4) is 0 Å². The van der Waals surface area contributed by atoms with Crippen molar-refractivity contribution in [2.45, 2.75) is 11.3 Å². The van der Waals surface area contributed by atoms with Crippen molar-refractivity contribution in [3.63, 3.8) is 0 Å². The molecule has 0 atom stereocenters. The Hall–Kier alpha value is -0.760. The molecule has 0 spiro atoms. The molecule has 8 heteroatoms. The summed E-state index contributed by atoms with van der Waals surface area (Å²) in [5, 5.41) is 0. The number of hydrogen-bond donors (Lipinski definition) is 2. The number of sulfonamides is 1. The summed E-state index contributed by atoms with van der Waals surface area (Å²) in [5.41, 5.74) is 5.19. The van der Waals surface area contributed by atoms with Gasteiger partial charge in [0.15, 0.2) is 0 Å². The lowest BCUT2D eigenvalue weighted by Gasteiger charge is -2.06. The van der Waals surface area contributed by atoms with E-state index in [1.165, 1.54) is 0 Å². The molecule has 0 heterocycles. The summed E-state index contributed by atoms with van der Waals surface area (Å²) in [6.07, 6.45) is 0.446. The zero-order chi connectivity index (χ0) is 12.2. The van der Waals surface area contributed by atoms with E-state index in [0.29, 0.717) is 19.0 Å². The van der Waals surface area contributed by atoms with Gasteiger partial charge in [-0.2, -0.15) is 0 Å². The van der Waals surface area contributed by atoms with Gasteiger partial charge in [0.25, 0.3) is 0 Å². The molecule has 98 valence electrons. The van der Waals surface area contributed by atoms with Crippen LogP contribution >= 0.6 is 12.4 Å². The molecule has 17 heavy (non-hydrogen) atoms. The van der Waals surface area contributed by atoms with E-state index in [2.05, 4.69) is 4.72 Å². The molecule has 0 aliphatic heterocycles. The fraction of sp³-hybridized carbons (Fsp3) is 0.333. The van der Waals surface area contributed by atoms with E-state index in [1.54, 1.807) is 0 Å². The zero-order valence-corrected chi connectivity index (χ0v) is 10.5. The fourth-order valence-corrected chi connectivity index (χ4v) is 2.21. The van der Waals surface area contributed by atoms with Gasteiger partial charge in [-0.15, -0.1) is 12.4 Å². The summed E-state index contributed by atoms with van der Waals surface area (Å²) in [6.45, 7) is 0.448. The molecule has 3 N–H and O–H groups in total. The van der Waals surface area contributed by atoms with Gasteiger partial charge in [0.05, 0.1) is 0 Å². The van der Waals surface area contributed by atoms with Crippen LogP contribution in [0.5, 0.6) is 0 Å². The van der Waals surface area contributed by atoms with E-state index in [1.807, 2.05) is 0 Å². The van der Waals surface area contributed by atoms with Crippen LogP contribution in [0.25, 0.3) is 0 Å². The van der Waals surface area contributed by atoms with Gasteiger partial charge in [-0.25, -0.2) is 21.9 Å². The lowest BCUT2D eigenvalue weighted by molar-refractivity contribution is 0.542. The maximum Gasteiger partial charge on any atom is 0.243 e. The SMILES string of the molecule is Cl.NCCCNS(=O)(=O)c1ccc(F)cc1F. The van der Waals surface area contributed by atoms with Crippen molar-refractivity contribution in [3.05, 3.63) is 29.8 Å². The van der Waals surface area contributed by atoms with Crippen LogP contribution in [0.4, 0.5) is 8.78 Å². The largest absolute Gasteiger partial charge is 0.330 e. The summed E-state index contributed by atoms with van der Waals surface area (Å²) in [6, 6.07) is 2.30. The van der Waals surface area contributed by atoms with Crippen molar-refractivity contribution in [3.8, 4) is 0 Å². The molecule has 0 saturated heterocycles. The van der Waals surface area contributed by atoms with Crippen molar-refractivity contribution in [2.75, 3.05) is 13.1 Å². The van der Waals surface area contributed by atoms with E-state index in [0.717, 1.165) is 12.1 Å². The first kappa shape index (κ1) is 16.2. The van der Waals surface area contributed by atoms with E-state index >= 15 is 0 Å². The molecule has 0 aliphatic rings. The summed E-state index contributed by atoms with van der Waals surface area (Å²) in [4.78, 5) is -0.564. The Labute approximate surface area is 105 Å². The Kier molecular flexibility index (Phi) is 6.54. The van der Waals surface area contributed by atoms with Crippen LogP contribution < -0.4 is 10.5 Å². The average Bonchev–Trinajstić information content (AvgIpc) is 2.17. The quantitative estimate of drug-likeness (QED) is 0.794. The third-order valence-electron chi connectivity index (χ3n) is 1.86. The van der Waals surface area contributed by atoms with Gasteiger partial charge in [0.1, 0.15) is 16.5 Å². The van der Waals surface area contributed by atoms with Crippen molar-refractivity contribution >= 4 is 22.4 Å². The molecule has 0 aliphatic carbocycles. The molecule has 1 aromatic rings. The number of rotatable bonds is 5. The molecule has 0 saturated carbocycles. The minimum Gasteiger partial charge on any atom is -0.330 e. The van der Waals surface area contributed by atoms with Gasteiger partial charge in [-0.3, -0.25) is 0 Å². The van der Waals surface area contributed by atoms with E-state index in [9.17, 15) is 17.2 Å². The zero-order valence-electron chi connectivity index (χ0n) is 8.82. The van der Waals surface area contributed by atoms with Crippen molar-refractivity contribution in [1.29, 1.82) is 0 Å². The molecule has 1 rings (SSSR count). The smallest absolute Gasteiger partial charge is 0.243 e. The maximum atomic E-state index is 13.2. The van der Waals surface area contributed by atoms with Crippen molar-refractivity contribution in [1.82, 2.24) is 4.72 Å². The number of nitrogens with one attached hydrogen (secondary N) is 1. The van der Waals surface area contributed by atoms with Gasteiger partial charge >= 0.3 is 0 Å². The highest BCUT2D eigenvalue weighted by Crippen LogP contribution is 2.14. The van der Waals surface area contributed by atoms with Crippen molar-refractivity contribution in [2.24, 2.45) is 5.73 Å². The average molecular weight is 287 g/mol. The molecule has 0 unspecified atom stereocenters. The molecule has 0 fully saturated rings. The van der Waals surface area contributed by atoms with E-state index in [-0.39, 0.29) is 19.0 Å². The van der Waals surface area contributed by atoms with E-state index < -0.39 is 26.6 Å². The van der Waals surface area contributed by atoms with Crippen molar-refractivity contribution < 1.29 is 17.2 Å². The third-order valence-corrected chi connectivity index (χ3v) is 3.35. The molecule has 1 aromatic carbocycles. The summed E-state index contributed by atoms with van der Waals surface area (Å²) in [5.74, 6) is -1.93. The summed E-state index contributed by atoms with van der Waals surface area (Å²) < 4.78 is 51.0. The van der Waals surface area contributed by atoms with Crippen LogP contribution in [0.15, 0.2) is 23.1 Å². The Morgan fingerprint density at radius 1 is 1.29 bits per heavy atom. The second kappa shape index (κ2) is 6.85. The van der Waals surface area contributed by atoms with Crippen LogP contribution in [0, 0.1) is 11.6 Å². The molecule has 0 bridgehead atoms. The number of halogens is 3. The van der Waals surface area contributed by atoms with Gasteiger partial charge < -0.3 is 5.73 Å². The summed E-state index contributed by atoms with van der Waals surface area (Å²) >= 11 is 0. The molecular weight excluding hydrogens is 274 g/mol.